The molecule has 3 rings (SSSR count). The second-order valence-electron chi connectivity index (χ2n) is 6.47. The van der Waals surface area contributed by atoms with Crippen LogP contribution in [0.2, 0.25) is 0 Å². The molecule has 5 heteroatoms. The van der Waals surface area contributed by atoms with Crippen LogP contribution in [0.1, 0.15) is 42.1 Å². The number of fused-ring (bicyclic) bond motifs is 1. The summed E-state index contributed by atoms with van der Waals surface area (Å²) in [5.41, 5.74) is 3.33. The summed E-state index contributed by atoms with van der Waals surface area (Å²) in [5, 5.41) is 9.28. The molecule has 0 aliphatic carbocycles. The minimum absolute atomic E-state index is 0.0854. The number of carbonyl (C=O) groups is 2. The Morgan fingerprint density at radius 3 is 2.62 bits per heavy atom. The molecule has 0 spiro atoms. The van der Waals surface area contributed by atoms with Gasteiger partial charge in [-0.25, -0.2) is 0 Å². The van der Waals surface area contributed by atoms with Crippen molar-refractivity contribution >= 4 is 11.8 Å². The largest absolute Gasteiger partial charge is 0.352 e. The van der Waals surface area contributed by atoms with Crippen molar-refractivity contribution in [1.29, 1.82) is 0 Å². The lowest BCUT2D eigenvalue weighted by Crippen LogP contribution is -2.44. The van der Waals surface area contributed by atoms with Crippen LogP contribution in [0.5, 0.6) is 0 Å². The maximum Gasteiger partial charge on any atom is 0.247 e. The van der Waals surface area contributed by atoms with Gasteiger partial charge in [0.2, 0.25) is 11.8 Å². The number of hydrogen-bond donors (Lipinski definition) is 3. The summed E-state index contributed by atoms with van der Waals surface area (Å²) in [6.45, 7) is 3.16. The van der Waals surface area contributed by atoms with Crippen LogP contribution < -0.4 is 16.0 Å². The summed E-state index contributed by atoms with van der Waals surface area (Å²) in [5.74, 6) is -0.335. The van der Waals surface area contributed by atoms with E-state index in [1.165, 1.54) is 11.1 Å². The molecule has 2 amide bonds. The Bertz CT molecular complexity index is 761. The van der Waals surface area contributed by atoms with Gasteiger partial charge in [0, 0.05) is 19.0 Å². The van der Waals surface area contributed by atoms with E-state index >= 15 is 0 Å². The Kier molecular flexibility index (Phi) is 6.02. The summed E-state index contributed by atoms with van der Waals surface area (Å²) in [4.78, 5) is 24.7. The molecule has 1 aliphatic heterocycles. The lowest BCUT2D eigenvalue weighted by molar-refractivity contribution is -0.129. The van der Waals surface area contributed by atoms with Gasteiger partial charge in [-0.3, -0.25) is 9.59 Å². The van der Waals surface area contributed by atoms with Crippen LogP contribution in [-0.4, -0.2) is 24.9 Å². The summed E-state index contributed by atoms with van der Waals surface area (Å²) >= 11 is 0. The highest BCUT2D eigenvalue weighted by atomic mass is 16.2. The molecule has 26 heavy (non-hydrogen) atoms. The first-order valence-electron chi connectivity index (χ1n) is 9.12. The third-order valence-corrected chi connectivity index (χ3v) is 4.72. The quantitative estimate of drug-likeness (QED) is 0.748. The minimum atomic E-state index is -0.678. The zero-order valence-corrected chi connectivity index (χ0v) is 15.0. The van der Waals surface area contributed by atoms with E-state index in [1.807, 2.05) is 42.5 Å². The van der Waals surface area contributed by atoms with Crippen molar-refractivity contribution in [2.75, 3.05) is 13.1 Å². The molecule has 2 atom stereocenters. The van der Waals surface area contributed by atoms with Crippen LogP contribution in [0.4, 0.5) is 0 Å². The van der Waals surface area contributed by atoms with Crippen molar-refractivity contribution < 1.29 is 9.59 Å². The Balaban J connectivity index is 1.70. The molecule has 0 fully saturated rings. The fraction of sp³-hybridized carbons (Fsp3) is 0.333. The molecule has 0 aromatic heterocycles. The molecule has 0 saturated carbocycles. The van der Waals surface area contributed by atoms with E-state index in [1.54, 1.807) is 6.92 Å². The van der Waals surface area contributed by atoms with Gasteiger partial charge in [0.15, 0.2) is 0 Å². The smallest absolute Gasteiger partial charge is 0.247 e. The highest BCUT2D eigenvalue weighted by molar-refractivity contribution is 5.88. The molecule has 1 aliphatic rings. The van der Waals surface area contributed by atoms with Crippen LogP contribution in [0.15, 0.2) is 54.6 Å². The van der Waals surface area contributed by atoms with E-state index in [4.69, 9.17) is 0 Å². The van der Waals surface area contributed by atoms with Crippen LogP contribution in [0, 0.1) is 0 Å². The number of nitrogens with one attached hydrogen (secondary N) is 3. The predicted octanol–water partition coefficient (Wildman–Crippen LogP) is 2.26. The van der Waals surface area contributed by atoms with Gasteiger partial charge in [-0.2, -0.15) is 0 Å². The third-order valence-electron chi connectivity index (χ3n) is 4.72. The molecular weight excluding hydrogens is 326 g/mol. The summed E-state index contributed by atoms with van der Waals surface area (Å²) in [7, 11) is 0. The molecule has 0 saturated heterocycles. The Morgan fingerprint density at radius 2 is 1.85 bits per heavy atom. The Morgan fingerprint density at radius 1 is 1.12 bits per heavy atom. The minimum Gasteiger partial charge on any atom is -0.352 e. The van der Waals surface area contributed by atoms with Gasteiger partial charge in [0.25, 0.3) is 0 Å². The van der Waals surface area contributed by atoms with Gasteiger partial charge in [-0.15, -0.1) is 0 Å². The zero-order valence-electron chi connectivity index (χ0n) is 15.0. The van der Waals surface area contributed by atoms with Crippen LogP contribution in [0.25, 0.3) is 0 Å². The number of rotatable bonds is 6. The van der Waals surface area contributed by atoms with Crippen molar-refractivity contribution in [3.63, 3.8) is 0 Å². The fourth-order valence-electron chi connectivity index (χ4n) is 3.29. The SMILES string of the molecule is CCC(=O)NC(C(=O)NCC1NCCc2ccccc21)c1ccccc1. The maximum atomic E-state index is 12.8. The molecule has 2 unspecified atom stereocenters. The van der Waals surface area contributed by atoms with Crippen molar-refractivity contribution in [3.05, 3.63) is 71.3 Å². The average Bonchev–Trinajstić information content (AvgIpc) is 2.70. The standard InChI is InChI=1S/C21H25N3O2/c1-2-19(25)24-20(16-9-4-3-5-10-16)21(26)23-14-18-17-11-7-6-8-15(17)12-13-22-18/h3-11,18,20,22H,2,12-14H2,1H3,(H,23,26)(H,24,25). The van der Waals surface area contributed by atoms with E-state index in [0.717, 1.165) is 18.5 Å². The first-order chi connectivity index (χ1) is 12.7. The van der Waals surface area contributed by atoms with Crippen LogP contribution >= 0.6 is 0 Å². The van der Waals surface area contributed by atoms with Crippen molar-refractivity contribution in [2.24, 2.45) is 0 Å². The molecule has 3 N–H and O–H groups in total. The number of carbonyl (C=O) groups excluding carboxylic acids is 2. The van der Waals surface area contributed by atoms with Crippen molar-refractivity contribution in [1.82, 2.24) is 16.0 Å². The van der Waals surface area contributed by atoms with Crippen LogP contribution in [0.3, 0.4) is 0 Å². The molecule has 0 bridgehead atoms. The zero-order chi connectivity index (χ0) is 18.4. The highest BCUT2D eigenvalue weighted by Gasteiger charge is 2.24. The van der Waals surface area contributed by atoms with E-state index in [9.17, 15) is 9.59 Å². The number of hydrogen-bond acceptors (Lipinski definition) is 3. The first-order valence-corrected chi connectivity index (χ1v) is 9.12. The number of amides is 2. The average molecular weight is 351 g/mol. The molecular formula is C21H25N3O2. The second kappa shape index (κ2) is 8.63. The lowest BCUT2D eigenvalue weighted by atomic mass is 9.94. The van der Waals surface area contributed by atoms with Gasteiger partial charge < -0.3 is 16.0 Å². The van der Waals surface area contributed by atoms with E-state index < -0.39 is 6.04 Å². The highest BCUT2D eigenvalue weighted by Crippen LogP contribution is 2.22. The molecule has 2 aromatic rings. The lowest BCUT2D eigenvalue weighted by Gasteiger charge is -2.28. The summed E-state index contributed by atoms with van der Waals surface area (Å²) in [6.07, 6.45) is 1.34. The molecule has 136 valence electrons. The van der Waals surface area contributed by atoms with Crippen LogP contribution in [-0.2, 0) is 16.0 Å². The maximum absolute atomic E-state index is 12.8. The molecule has 5 nitrogen and oxygen atoms in total. The van der Waals surface area contributed by atoms with E-state index in [-0.39, 0.29) is 17.9 Å². The van der Waals surface area contributed by atoms with Crippen molar-refractivity contribution in [3.8, 4) is 0 Å². The normalized spacial score (nSPS) is 17.0. The Hall–Kier alpha value is -2.66. The summed E-state index contributed by atoms with van der Waals surface area (Å²) in [6, 6.07) is 17.1. The van der Waals surface area contributed by atoms with E-state index in [2.05, 4.69) is 28.1 Å². The second-order valence-corrected chi connectivity index (χ2v) is 6.47. The van der Waals surface area contributed by atoms with E-state index in [0.29, 0.717) is 13.0 Å². The Labute approximate surface area is 154 Å². The molecule has 2 aromatic carbocycles. The first kappa shape index (κ1) is 18.1. The van der Waals surface area contributed by atoms with Gasteiger partial charge in [0.05, 0.1) is 0 Å². The third kappa shape index (κ3) is 4.29. The molecule has 0 radical (unpaired) electrons. The topological polar surface area (TPSA) is 70.2 Å². The summed E-state index contributed by atoms with van der Waals surface area (Å²) < 4.78 is 0. The predicted molar refractivity (Wildman–Crippen MR) is 102 cm³/mol. The monoisotopic (exact) mass is 351 g/mol. The molecule has 1 heterocycles. The van der Waals surface area contributed by atoms with Gasteiger partial charge in [-0.05, 0) is 29.7 Å². The van der Waals surface area contributed by atoms with Crippen molar-refractivity contribution in [2.45, 2.75) is 31.8 Å². The van der Waals surface area contributed by atoms with Gasteiger partial charge in [-0.1, -0.05) is 61.5 Å². The fourth-order valence-corrected chi connectivity index (χ4v) is 3.29. The van der Waals surface area contributed by atoms with Gasteiger partial charge in [0.1, 0.15) is 6.04 Å². The number of benzene rings is 2. The van der Waals surface area contributed by atoms with Gasteiger partial charge >= 0.3 is 0 Å².